The second kappa shape index (κ2) is 9.64. The van der Waals surface area contributed by atoms with Crippen LogP contribution in [-0.4, -0.2) is 58.0 Å². The highest BCUT2D eigenvalue weighted by molar-refractivity contribution is 6.06. The number of hydrogen-bond donors (Lipinski definition) is 3. The van der Waals surface area contributed by atoms with Gasteiger partial charge in [0.15, 0.2) is 5.76 Å². The topological polar surface area (TPSA) is 103 Å². The van der Waals surface area contributed by atoms with Gasteiger partial charge >= 0.3 is 12.4 Å². The quantitative estimate of drug-likeness (QED) is 0.424. The van der Waals surface area contributed by atoms with Crippen molar-refractivity contribution in [2.45, 2.75) is 18.5 Å². The van der Waals surface area contributed by atoms with Crippen LogP contribution in [0.5, 0.6) is 0 Å². The van der Waals surface area contributed by atoms with Crippen molar-refractivity contribution in [2.75, 3.05) is 14.1 Å². The van der Waals surface area contributed by atoms with Gasteiger partial charge in [-0.2, -0.15) is 26.3 Å². The van der Waals surface area contributed by atoms with Gasteiger partial charge in [-0.05, 0) is 36.4 Å². The minimum atomic E-state index is -4.74. The maximum atomic E-state index is 12.9. The van der Waals surface area contributed by atoms with Crippen LogP contribution >= 0.6 is 0 Å². The van der Waals surface area contributed by atoms with Gasteiger partial charge in [-0.25, -0.2) is 9.97 Å². The number of halogens is 6. The minimum absolute atomic E-state index is 0.0225. The zero-order chi connectivity index (χ0) is 26.0. The molecular weight excluding hydrogens is 482 g/mol. The molecule has 0 aromatic carbocycles. The van der Waals surface area contributed by atoms with Crippen LogP contribution in [0, 0.1) is 0 Å². The third kappa shape index (κ3) is 5.70. The molecule has 3 rings (SSSR count). The van der Waals surface area contributed by atoms with E-state index in [1.54, 1.807) is 0 Å². The van der Waals surface area contributed by atoms with E-state index in [0.29, 0.717) is 0 Å². The van der Waals surface area contributed by atoms with Crippen molar-refractivity contribution in [3.63, 3.8) is 0 Å². The Morgan fingerprint density at radius 1 is 1.20 bits per heavy atom. The molecule has 3 heterocycles. The summed E-state index contributed by atoms with van der Waals surface area (Å²) in [4.78, 5) is 23.9. The number of aliphatic hydroxyl groups is 1. The Morgan fingerprint density at radius 3 is 2.54 bits per heavy atom. The maximum absolute atomic E-state index is 12.9. The van der Waals surface area contributed by atoms with Gasteiger partial charge in [0.1, 0.15) is 5.57 Å². The van der Waals surface area contributed by atoms with Crippen LogP contribution in [0.25, 0.3) is 6.08 Å². The lowest BCUT2D eigenvalue weighted by molar-refractivity contribution is -0.151. The first-order valence-electron chi connectivity index (χ1n) is 9.80. The first kappa shape index (κ1) is 25.5. The van der Waals surface area contributed by atoms with Crippen molar-refractivity contribution >= 4 is 17.7 Å². The number of allylic oxidation sites excluding steroid dienone is 4. The third-order valence-electron chi connectivity index (χ3n) is 4.76. The number of aliphatic hydroxyl groups excluding tert-OH is 1. The number of carbonyl (C=O) groups excluding carboxylic acids is 1. The summed E-state index contributed by atoms with van der Waals surface area (Å²) in [6.45, 7) is 0. The monoisotopic (exact) mass is 500 g/mol. The molecule has 1 atom stereocenters. The summed E-state index contributed by atoms with van der Waals surface area (Å²) in [6, 6.07) is 1.22. The zero-order valence-electron chi connectivity index (χ0n) is 18.1. The molecule has 0 bridgehead atoms. The summed E-state index contributed by atoms with van der Waals surface area (Å²) in [5, 5.41) is 15.4. The number of aromatic nitrogens is 2. The van der Waals surface area contributed by atoms with Crippen molar-refractivity contribution in [1.29, 1.82) is 0 Å². The summed E-state index contributed by atoms with van der Waals surface area (Å²) in [7, 11) is 2.76. The number of hydrogen-bond acceptors (Lipinski definition) is 7. The zero-order valence-corrected chi connectivity index (χ0v) is 18.1. The molecule has 0 aliphatic carbocycles. The number of nitrogens with zero attached hydrogens (tertiary/aromatic N) is 4. The summed E-state index contributed by atoms with van der Waals surface area (Å²) in [6.07, 6.45) is -3.34. The Kier molecular flexibility index (Phi) is 7.03. The van der Waals surface area contributed by atoms with E-state index in [2.05, 4.69) is 25.6 Å². The van der Waals surface area contributed by atoms with Crippen molar-refractivity contribution in [3.05, 3.63) is 77.0 Å². The van der Waals surface area contributed by atoms with Gasteiger partial charge in [0.25, 0.3) is 5.91 Å². The lowest BCUT2D eigenvalue weighted by atomic mass is 10.1. The van der Waals surface area contributed by atoms with Crippen LogP contribution in [-0.2, 0) is 11.0 Å². The van der Waals surface area contributed by atoms with Gasteiger partial charge in [-0.1, -0.05) is 0 Å². The van der Waals surface area contributed by atoms with E-state index in [1.165, 1.54) is 50.5 Å². The Hall–Kier alpha value is -4.10. The van der Waals surface area contributed by atoms with E-state index < -0.39 is 36.0 Å². The lowest BCUT2D eigenvalue weighted by Crippen LogP contribution is -2.40. The van der Waals surface area contributed by atoms with Gasteiger partial charge < -0.3 is 20.6 Å². The number of nitrogens with one attached hydrogen (secondary N) is 2. The predicted octanol–water partition coefficient (Wildman–Crippen LogP) is 3.23. The standard InChI is InChI=1S/C21H18F6N6O2/c1-28-13(5-3-11-7-9-29-18(31-11)20(22,23)24)15-16(34)14(33(2)17(15)35)6-4-12-8-10-30-19(32-12)21(25,26)27/h3-10,19,28,30,34H,1-2H3/b5-3+,6-4+,15-13+. The van der Waals surface area contributed by atoms with E-state index in [4.69, 9.17) is 0 Å². The average Bonchev–Trinajstić information content (AvgIpc) is 3.00. The van der Waals surface area contributed by atoms with Crippen LogP contribution in [0.2, 0.25) is 0 Å². The second-order valence-electron chi connectivity index (χ2n) is 7.10. The van der Waals surface area contributed by atoms with Crippen molar-refractivity contribution in [2.24, 2.45) is 4.99 Å². The Morgan fingerprint density at radius 2 is 1.91 bits per heavy atom. The molecule has 186 valence electrons. The number of carbonyl (C=O) groups is 1. The molecule has 0 radical (unpaired) electrons. The van der Waals surface area contributed by atoms with Gasteiger partial charge in [-0.15, -0.1) is 0 Å². The molecule has 1 aromatic heterocycles. The van der Waals surface area contributed by atoms with E-state index in [9.17, 15) is 36.2 Å². The van der Waals surface area contributed by atoms with E-state index in [0.717, 1.165) is 17.3 Å². The molecule has 8 nitrogen and oxygen atoms in total. The fourth-order valence-electron chi connectivity index (χ4n) is 3.05. The van der Waals surface area contributed by atoms with Crippen LogP contribution in [0.15, 0.2) is 70.5 Å². The SMILES string of the molecule is CNC(/C=C/c1ccnc(C(F)(F)F)n1)=C1/C(=O)N(C)C(/C=C/C2=NC(C(F)(F)F)NC=C2)=C1O. The van der Waals surface area contributed by atoms with E-state index >= 15 is 0 Å². The molecule has 0 saturated carbocycles. The fraction of sp³-hybridized carbons (Fsp3) is 0.238. The van der Waals surface area contributed by atoms with Crippen molar-refractivity contribution < 1.29 is 36.2 Å². The Bertz CT molecular complexity index is 1190. The van der Waals surface area contributed by atoms with Crippen molar-refractivity contribution in [3.8, 4) is 0 Å². The van der Waals surface area contributed by atoms with Gasteiger partial charge in [0.05, 0.1) is 22.8 Å². The molecular formula is C21H18F6N6O2. The molecule has 0 fully saturated rings. The fourth-order valence-corrected chi connectivity index (χ4v) is 3.05. The number of likely N-dealkylation sites (N-methyl/N-ethyl adjacent to an activating group) is 2. The molecule has 14 heteroatoms. The van der Waals surface area contributed by atoms with Crippen LogP contribution in [0.4, 0.5) is 26.3 Å². The molecule has 1 unspecified atom stereocenters. The van der Waals surface area contributed by atoms with Gasteiger partial charge in [-0.3, -0.25) is 9.79 Å². The number of amides is 1. The summed E-state index contributed by atoms with van der Waals surface area (Å²) in [5.41, 5.74) is -0.315. The molecule has 2 aliphatic rings. The first-order chi connectivity index (χ1) is 16.3. The van der Waals surface area contributed by atoms with Crippen LogP contribution in [0.1, 0.15) is 11.5 Å². The highest BCUT2D eigenvalue weighted by Crippen LogP contribution is 2.30. The highest BCUT2D eigenvalue weighted by atomic mass is 19.4. The molecule has 3 N–H and O–H groups in total. The normalized spacial score (nSPS) is 20.7. The Labute approximate surface area is 194 Å². The number of alkyl halides is 6. The van der Waals surface area contributed by atoms with Gasteiger partial charge in [0.2, 0.25) is 12.0 Å². The van der Waals surface area contributed by atoms with Crippen LogP contribution < -0.4 is 10.6 Å². The molecule has 1 amide bonds. The molecule has 2 aliphatic heterocycles. The first-order valence-corrected chi connectivity index (χ1v) is 9.80. The van der Waals surface area contributed by atoms with Crippen molar-refractivity contribution in [1.82, 2.24) is 25.5 Å². The maximum Gasteiger partial charge on any atom is 0.451 e. The Balaban J connectivity index is 1.93. The van der Waals surface area contributed by atoms with E-state index in [1.807, 2.05) is 0 Å². The number of aliphatic imine (C=N–C) groups is 1. The van der Waals surface area contributed by atoms with Gasteiger partial charge in [0, 0.05) is 26.5 Å². The molecule has 35 heavy (non-hydrogen) atoms. The third-order valence-corrected chi connectivity index (χ3v) is 4.76. The smallest absolute Gasteiger partial charge is 0.451 e. The molecule has 0 spiro atoms. The van der Waals surface area contributed by atoms with E-state index in [-0.39, 0.29) is 28.4 Å². The number of rotatable bonds is 5. The lowest BCUT2D eigenvalue weighted by Gasteiger charge is -2.19. The minimum Gasteiger partial charge on any atom is -0.505 e. The predicted molar refractivity (Wildman–Crippen MR) is 113 cm³/mol. The largest absolute Gasteiger partial charge is 0.505 e. The van der Waals surface area contributed by atoms with Crippen LogP contribution in [0.3, 0.4) is 0 Å². The average molecular weight is 500 g/mol. The summed E-state index contributed by atoms with van der Waals surface area (Å²) >= 11 is 0. The molecule has 1 aromatic rings. The summed E-state index contributed by atoms with van der Waals surface area (Å²) in [5.74, 6) is -2.49. The summed E-state index contributed by atoms with van der Waals surface area (Å²) < 4.78 is 77.1. The second-order valence-corrected chi connectivity index (χ2v) is 7.10. The highest BCUT2D eigenvalue weighted by Gasteiger charge is 2.40. The molecule has 0 saturated heterocycles.